The minimum atomic E-state index is -4.54. The van der Waals surface area contributed by atoms with Gasteiger partial charge in [-0.25, -0.2) is 9.48 Å². The molecule has 2 N–H and O–H groups in total. The Hall–Kier alpha value is -3.37. The quantitative estimate of drug-likeness (QED) is 0.712. The highest BCUT2D eigenvalue weighted by Crippen LogP contribution is 2.31. The molecule has 1 aromatic carbocycles. The zero-order chi connectivity index (χ0) is 19.4. The van der Waals surface area contributed by atoms with Crippen LogP contribution in [-0.2, 0) is 26.3 Å². The SMILES string of the molecule is Cn1ncc(C(F)(F)F)c1CNC(=O)Nc1cn(Cc2ccccc2)nn1. The van der Waals surface area contributed by atoms with Crippen LogP contribution in [0.5, 0.6) is 0 Å². The first kappa shape index (κ1) is 18.4. The smallest absolute Gasteiger partial charge is 0.332 e. The first-order valence-corrected chi connectivity index (χ1v) is 7.90. The molecule has 2 amide bonds. The van der Waals surface area contributed by atoms with Gasteiger partial charge in [0, 0.05) is 7.05 Å². The number of nitrogens with zero attached hydrogens (tertiary/aromatic N) is 5. The van der Waals surface area contributed by atoms with Crippen LogP contribution in [0, 0.1) is 0 Å². The average molecular weight is 379 g/mol. The molecule has 0 bridgehead atoms. The van der Waals surface area contributed by atoms with Crippen molar-refractivity contribution >= 4 is 11.8 Å². The Morgan fingerprint density at radius 2 is 1.96 bits per heavy atom. The fourth-order valence-corrected chi connectivity index (χ4v) is 2.44. The number of rotatable bonds is 5. The van der Waals surface area contributed by atoms with Crippen molar-refractivity contribution in [3.8, 4) is 0 Å². The molecular formula is C16H16F3N7O. The number of benzene rings is 1. The number of carbonyl (C=O) groups excluding carboxylic acids is 1. The van der Waals surface area contributed by atoms with Crippen molar-refractivity contribution < 1.29 is 18.0 Å². The molecule has 0 saturated heterocycles. The molecule has 0 aliphatic carbocycles. The summed E-state index contributed by atoms with van der Waals surface area (Å²) < 4.78 is 41.3. The summed E-state index contributed by atoms with van der Waals surface area (Å²) in [4.78, 5) is 11.9. The van der Waals surface area contributed by atoms with Gasteiger partial charge in [0.1, 0.15) is 0 Å². The van der Waals surface area contributed by atoms with E-state index in [1.165, 1.54) is 17.9 Å². The molecule has 0 atom stereocenters. The number of hydrogen-bond acceptors (Lipinski definition) is 4. The molecule has 8 nitrogen and oxygen atoms in total. The fraction of sp³-hybridized carbons (Fsp3) is 0.250. The molecule has 3 aromatic rings. The van der Waals surface area contributed by atoms with E-state index >= 15 is 0 Å². The molecule has 2 aromatic heterocycles. The van der Waals surface area contributed by atoms with E-state index in [0.29, 0.717) is 6.54 Å². The zero-order valence-electron chi connectivity index (χ0n) is 14.2. The summed E-state index contributed by atoms with van der Waals surface area (Å²) >= 11 is 0. The van der Waals surface area contributed by atoms with Crippen molar-refractivity contribution in [2.45, 2.75) is 19.3 Å². The maximum absolute atomic E-state index is 12.9. The van der Waals surface area contributed by atoms with Gasteiger partial charge in [0.15, 0.2) is 5.82 Å². The summed E-state index contributed by atoms with van der Waals surface area (Å²) in [7, 11) is 1.37. The van der Waals surface area contributed by atoms with Gasteiger partial charge in [0.05, 0.1) is 36.7 Å². The Bertz CT molecular complexity index is 918. The second kappa shape index (κ2) is 7.48. The van der Waals surface area contributed by atoms with Gasteiger partial charge < -0.3 is 5.32 Å². The van der Waals surface area contributed by atoms with Crippen LogP contribution in [0.4, 0.5) is 23.8 Å². The average Bonchev–Trinajstić information content (AvgIpc) is 3.20. The summed E-state index contributed by atoms with van der Waals surface area (Å²) in [6, 6.07) is 8.84. The van der Waals surface area contributed by atoms with Crippen molar-refractivity contribution in [2.24, 2.45) is 7.05 Å². The largest absolute Gasteiger partial charge is 0.419 e. The number of urea groups is 1. The predicted octanol–water partition coefficient (Wildman–Crippen LogP) is 2.40. The third-order valence-electron chi connectivity index (χ3n) is 3.75. The van der Waals surface area contributed by atoms with E-state index in [1.807, 2.05) is 30.3 Å². The van der Waals surface area contributed by atoms with Crippen LogP contribution < -0.4 is 10.6 Å². The lowest BCUT2D eigenvalue weighted by Crippen LogP contribution is -2.30. The van der Waals surface area contributed by atoms with Crippen LogP contribution in [0.1, 0.15) is 16.8 Å². The topological polar surface area (TPSA) is 89.7 Å². The fourth-order valence-electron chi connectivity index (χ4n) is 2.44. The number of anilines is 1. The van der Waals surface area contributed by atoms with Gasteiger partial charge in [0.2, 0.25) is 0 Å². The number of hydrogen-bond donors (Lipinski definition) is 2. The number of aryl methyl sites for hydroxylation is 1. The molecule has 27 heavy (non-hydrogen) atoms. The van der Waals surface area contributed by atoms with E-state index in [-0.39, 0.29) is 18.1 Å². The summed E-state index contributed by atoms with van der Waals surface area (Å²) in [6.07, 6.45) is -2.29. The number of alkyl halides is 3. The summed E-state index contributed by atoms with van der Waals surface area (Å²) in [5.41, 5.74) is -0.0289. The molecule has 3 rings (SSSR count). The van der Waals surface area contributed by atoms with Gasteiger partial charge in [-0.3, -0.25) is 10.00 Å². The van der Waals surface area contributed by atoms with Crippen molar-refractivity contribution in [1.82, 2.24) is 30.1 Å². The van der Waals surface area contributed by atoms with E-state index in [0.717, 1.165) is 16.4 Å². The monoisotopic (exact) mass is 379 g/mol. The number of amides is 2. The van der Waals surface area contributed by atoms with Gasteiger partial charge in [-0.2, -0.15) is 18.3 Å². The lowest BCUT2D eigenvalue weighted by Gasteiger charge is -2.10. The molecule has 0 spiro atoms. The van der Waals surface area contributed by atoms with Gasteiger partial charge in [-0.15, -0.1) is 5.10 Å². The van der Waals surface area contributed by atoms with E-state index in [4.69, 9.17) is 0 Å². The van der Waals surface area contributed by atoms with Crippen molar-refractivity contribution in [2.75, 3.05) is 5.32 Å². The number of halogens is 3. The Morgan fingerprint density at radius 1 is 1.22 bits per heavy atom. The Kier molecular flexibility index (Phi) is 5.10. The van der Waals surface area contributed by atoms with Crippen molar-refractivity contribution in [3.05, 3.63) is 59.5 Å². The highest BCUT2D eigenvalue weighted by Gasteiger charge is 2.35. The standard InChI is InChI=1S/C16H16F3N7O/c1-25-13(12(7-21-25)16(17,18)19)8-20-15(27)22-14-10-26(24-23-14)9-11-5-3-2-4-6-11/h2-7,10H,8-9H2,1H3,(H2,20,22,27). The summed E-state index contributed by atoms with van der Waals surface area (Å²) in [6.45, 7) is 0.135. The third-order valence-corrected chi connectivity index (χ3v) is 3.75. The Balaban J connectivity index is 1.57. The first-order valence-electron chi connectivity index (χ1n) is 7.90. The summed E-state index contributed by atoms with van der Waals surface area (Å²) in [5.74, 6) is 0.185. The summed E-state index contributed by atoms with van der Waals surface area (Å²) in [5, 5.41) is 16.1. The van der Waals surface area contributed by atoms with E-state index in [2.05, 4.69) is 26.0 Å². The Morgan fingerprint density at radius 3 is 2.67 bits per heavy atom. The Labute approximate surface area is 152 Å². The molecule has 0 saturated carbocycles. The van der Waals surface area contributed by atoms with Gasteiger partial charge in [-0.05, 0) is 5.56 Å². The van der Waals surface area contributed by atoms with E-state index in [1.54, 1.807) is 0 Å². The van der Waals surface area contributed by atoms with Gasteiger partial charge in [0.25, 0.3) is 0 Å². The van der Waals surface area contributed by atoms with Crippen LogP contribution in [0.25, 0.3) is 0 Å². The van der Waals surface area contributed by atoms with E-state index in [9.17, 15) is 18.0 Å². The highest BCUT2D eigenvalue weighted by atomic mass is 19.4. The maximum Gasteiger partial charge on any atom is 0.419 e. The predicted molar refractivity (Wildman–Crippen MR) is 89.6 cm³/mol. The van der Waals surface area contributed by atoms with Gasteiger partial charge in [-0.1, -0.05) is 35.5 Å². The first-order chi connectivity index (χ1) is 12.8. The molecular weight excluding hydrogens is 363 g/mol. The lowest BCUT2D eigenvalue weighted by atomic mass is 10.2. The number of aromatic nitrogens is 5. The molecule has 2 heterocycles. The molecule has 11 heteroatoms. The van der Waals surface area contributed by atoms with Crippen LogP contribution in [0.15, 0.2) is 42.7 Å². The highest BCUT2D eigenvalue weighted by molar-refractivity contribution is 5.87. The third kappa shape index (κ3) is 4.63. The van der Waals surface area contributed by atoms with Crippen molar-refractivity contribution in [3.63, 3.8) is 0 Å². The molecule has 142 valence electrons. The minimum absolute atomic E-state index is 0.148. The number of carbonyl (C=O) groups is 1. The van der Waals surface area contributed by atoms with Crippen LogP contribution in [0.2, 0.25) is 0 Å². The van der Waals surface area contributed by atoms with Crippen LogP contribution in [-0.4, -0.2) is 30.8 Å². The lowest BCUT2D eigenvalue weighted by molar-refractivity contribution is -0.138. The second-order valence-electron chi connectivity index (χ2n) is 5.72. The van der Waals surface area contributed by atoms with E-state index < -0.39 is 17.8 Å². The normalized spacial score (nSPS) is 11.4. The zero-order valence-corrected chi connectivity index (χ0v) is 14.2. The molecule has 0 radical (unpaired) electrons. The molecule has 0 aliphatic rings. The van der Waals surface area contributed by atoms with Crippen molar-refractivity contribution in [1.29, 1.82) is 0 Å². The number of nitrogens with one attached hydrogen (secondary N) is 2. The molecule has 0 aliphatic heterocycles. The second-order valence-corrected chi connectivity index (χ2v) is 5.72. The maximum atomic E-state index is 12.9. The molecule has 0 fully saturated rings. The minimum Gasteiger partial charge on any atom is -0.332 e. The van der Waals surface area contributed by atoms with Crippen LogP contribution in [0.3, 0.4) is 0 Å². The molecule has 0 unspecified atom stereocenters. The van der Waals surface area contributed by atoms with Gasteiger partial charge >= 0.3 is 12.2 Å². The van der Waals surface area contributed by atoms with Crippen LogP contribution >= 0.6 is 0 Å².